The van der Waals surface area contributed by atoms with Crippen molar-refractivity contribution in [3.8, 4) is 0 Å². The third-order valence-electron chi connectivity index (χ3n) is 8.83. The maximum absolute atomic E-state index is 14.1. The molecule has 1 aliphatic rings. The molecule has 1 fully saturated rings. The summed E-state index contributed by atoms with van der Waals surface area (Å²) in [6.07, 6.45) is 2.61. The molecule has 0 saturated heterocycles. The largest absolute Gasteiger partial charge is 0.391 e. The third-order valence-corrected chi connectivity index (χ3v) is 8.83. The maximum Gasteiger partial charge on any atom is 0.253 e. The van der Waals surface area contributed by atoms with Crippen LogP contribution in [0.15, 0.2) is 42.5 Å². The Hall–Kier alpha value is -3.41. The Bertz CT molecular complexity index is 1290. The topological polar surface area (TPSA) is 117 Å². The SMILES string of the molecule is CCCN(CCC)C(=O)c1cccc(C(=O)N[C@@H](Cc2cc(F)cc(F)c2)[C@@H](O)C[C@@H](CC)C(=O)NC2C[C@@H](OC)C[C@@H](OC)C2)c1. The molecule has 0 bridgehead atoms. The zero-order valence-electron chi connectivity index (χ0n) is 28.3. The van der Waals surface area contributed by atoms with Gasteiger partial charge >= 0.3 is 0 Å². The Morgan fingerprint density at radius 1 is 0.915 bits per heavy atom. The minimum atomic E-state index is -1.24. The number of halogens is 2. The maximum atomic E-state index is 14.1. The van der Waals surface area contributed by atoms with Gasteiger partial charge in [0.2, 0.25) is 5.91 Å². The van der Waals surface area contributed by atoms with Gasteiger partial charge in [-0.25, -0.2) is 8.78 Å². The Morgan fingerprint density at radius 3 is 2.06 bits per heavy atom. The first-order chi connectivity index (χ1) is 22.5. The Labute approximate surface area is 277 Å². The summed E-state index contributed by atoms with van der Waals surface area (Å²) in [4.78, 5) is 41.9. The smallest absolute Gasteiger partial charge is 0.253 e. The summed E-state index contributed by atoms with van der Waals surface area (Å²) in [5.41, 5.74) is 0.802. The standard InChI is InChI=1S/C36H51F2N3O6/c1-6-12-41(13-7-2)36(45)26-11-9-10-25(17-26)35(44)40-32(16-23-14-27(37)19-28(38)15-23)33(42)18-24(8-3)34(43)39-29-20-30(46-4)22-31(21-29)47-5/h9-11,14-15,17,19,24,29-33,42H,6-8,12-13,16,18,20-22H2,1-5H3,(H,39,43)(H,40,44)/t24-,29?,30-,31+,32+,33+/m1/s1. The number of aliphatic hydroxyl groups is 1. The summed E-state index contributed by atoms with van der Waals surface area (Å²) in [6, 6.07) is 8.24. The van der Waals surface area contributed by atoms with Gasteiger partial charge in [0.05, 0.1) is 24.4 Å². The number of ether oxygens (including phenoxy) is 2. The molecule has 3 N–H and O–H groups in total. The van der Waals surface area contributed by atoms with Crippen LogP contribution in [0.4, 0.5) is 8.78 Å². The van der Waals surface area contributed by atoms with Crippen LogP contribution >= 0.6 is 0 Å². The lowest BCUT2D eigenvalue weighted by molar-refractivity contribution is -0.128. The first-order valence-electron chi connectivity index (χ1n) is 16.7. The average molecular weight is 660 g/mol. The molecule has 0 heterocycles. The minimum Gasteiger partial charge on any atom is -0.391 e. The molecule has 11 heteroatoms. The van der Waals surface area contributed by atoms with Gasteiger partial charge in [0, 0.05) is 56.5 Å². The fourth-order valence-corrected chi connectivity index (χ4v) is 6.30. The molecule has 0 aliphatic heterocycles. The molecule has 0 radical (unpaired) electrons. The molecule has 260 valence electrons. The van der Waals surface area contributed by atoms with Crippen LogP contribution < -0.4 is 10.6 Å². The van der Waals surface area contributed by atoms with Gasteiger partial charge in [-0.2, -0.15) is 0 Å². The van der Waals surface area contributed by atoms with E-state index in [2.05, 4.69) is 10.6 Å². The van der Waals surface area contributed by atoms with E-state index in [1.165, 1.54) is 6.07 Å². The van der Waals surface area contributed by atoms with Crippen molar-refractivity contribution in [2.75, 3.05) is 27.3 Å². The molecule has 3 rings (SSSR count). The lowest BCUT2D eigenvalue weighted by Crippen LogP contribution is -2.49. The predicted molar refractivity (Wildman–Crippen MR) is 176 cm³/mol. The molecule has 1 saturated carbocycles. The van der Waals surface area contributed by atoms with E-state index in [-0.39, 0.29) is 54.0 Å². The Kier molecular flexibility index (Phi) is 15.2. The zero-order valence-corrected chi connectivity index (χ0v) is 28.3. The van der Waals surface area contributed by atoms with Crippen molar-refractivity contribution in [1.82, 2.24) is 15.5 Å². The summed E-state index contributed by atoms with van der Waals surface area (Å²) in [5, 5.41) is 17.4. The quantitative estimate of drug-likeness (QED) is 0.219. The molecule has 1 unspecified atom stereocenters. The lowest BCUT2D eigenvalue weighted by atomic mass is 9.88. The second-order valence-electron chi connectivity index (χ2n) is 12.5. The van der Waals surface area contributed by atoms with Crippen LogP contribution in [0.1, 0.15) is 92.0 Å². The molecule has 1 aliphatic carbocycles. The molecule has 0 aromatic heterocycles. The van der Waals surface area contributed by atoms with Crippen LogP contribution in [0.3, 0.4) is 0 Å². The van der Waals surface area contributed by atoms with Crippen molar-refractivity contribution in [2.24, 2.45) is 5.92 Å². The van der Waals surface area contributed by atoms with Crippen molar-refractivity contribution in [3.05, 3.63) is 70.8 Å². The molecular weight excluding hydrogens is 608 g/mol. The lowest BCUT2D eigenvalue weighted by Gasteiger charge is -2.35. The molecule has 6 atom stereocenters. The van der Waals surface area contributed by atoms with Gasteiger partial charge in [0.25, 0.3) is 11.8 Å². The molecule has 2 aromatic carbocycles. The average Bonchev–Trinajstić information content (AvgIpc) is 3.05. The monoisotopic (exact) mass is 659 g/mol. The number of nitrogens with one attached hydrogen (secondary N) is 2. The van der Waals surface area contributed by atoms with Gasteiger partial charge < -0.3 is 30.1 Å². The number of carbonyl (C=O) groups is 3. The molecule has 3 amide bonds. The van der Waals surface area contributed by atoms with Crippen LogP contribution in [-0.4, -0.2) is 85.4 Å². The normalized spacial score (nSPS) is 19.8. The van der Waals surface area contributed by atoms with Gasteiger partial charge in [-0.3, -0.25) is 14.4 Å². The van der Waals surface area contributed by atoms with E-state index in [9.17, 15) is 28.3 Å². The van der Waals surface area contributed by atoms with Crippen molar-refractivity contribution < 1.29 is 37.7 Å². The van der Waals surface area contributed by atoms with Gasteiger partial charge in [-0.1, -0.05) is 26.8 Å². The van der Waals surface area contributed by atoms with Crippen molar-refractivity contribution >= 4 is 17.7 Å². The van der Waals surface area contributed by atoms with Crippen LogP contribution in [0.2, 0.25) is 0 Å². The highest BCUT2D eigenvalue weighted by Crippen LogP contribution is 2.25. The molecule has 9 nitrogen and oxygen atoms in total. The van der Waals surface area contributed by atoms with Crippen molar-refractivity contribution in [1.29, 1.82) is 0 Å². The van der Waals surface area contributed by atoms with Gasteiger partial charge in [0.1, 0.15) is 11.6 Å². The van der Waals surface area contributed by atoms with Gasteiger partial charge in [-0.15, -0.1) is 0 Å². The summed E-state index contributed by atoms with van der Waals surface area (Å²) < 4.78 is 39.3. The third kappa shape index (κ3) is 11.4. The molecule has 0 spiro atoms. The number of hydrogen-bond donors (Lipinski definition) is 3. The number of hydrogen-bond acceptors (Lipinski definition) is 6. The summed E-state index contributed by atoms with van der Waals surface area (Å²) in [6.45, 7) is 7.01. The fourth-order valence-electron chi connectivity index (χ4n) is 6.30. The number of carbonyl (C=O) groups excluding carboxylic acids is 3. The summed E-state index contributed by atoms with van der Waals surface area (Å²) >= 11 is 0. The first kappa shape index (κ1) is 38.0. The fraction of sp³-hybridized carbons (Fsp3) is 0.583. The van der Waals surface area contributed by atoms with Gasteiger partial charge in [-0.05, 0) is 87.3 Å². The number of methoxy groups -OCH3 is 2. The van der Waals surface area contributed by atoms with Crippen molar-refractivity contribution in [2.45, 2.75) is 103 Å². The van der Waals surface area contributed by atoms with E-state index in [1.807, 2.05) is 20.8 Å². The van der Waals surface area contributed by atoms with Crippen LogP contribution in [0.5, 0.6) is 0 Å². The van der Waals surface area contributed by atoms with E-state index in [1.54, 1.807) is 37.3 Å². The van der Waals surface area contributed by atoms with Gasteiger partial charge in [0.15, 0.2) is 0 Å². The zero-order chi connectivity index (χ0) is 34.5. The van der Waals surface area contributed by atoms with E-state index in [0.29, 0.717) is 37.9 Å². The molecule has 2 aromatic rings. The van der Waals surface area contributed by atoms with E-state index >= 15 is 0 Å². The van der Waals surface area contributed by atoms with Crippen molar-refractivity contribution in [3.63, 3.8) is 0 Å². The summed E-state index contributed by atoms with van der Waals surface area (Å²) in [7, 11) is 3.26. The number of amides is 3. The highest BCUT2D eigenvalue weighted by atomic mass is 19.1. The van der Waals surface area contributed by atoms with E-state index in [0.717, 1.165) is 37.5 Å². The number of nitrogens with zero attached hydrogens (tertiary/aromatic N) is 1. The number of benzene rings is 2. The van der Waals surface area contributed by atoms with E-state index < -0.39 is 35.6 Å². The summed E-state index contributed by atoms with van der Waals surface area (Å²) in [5.74, 6) is -3.14. The number of aliphatic hydroxyl groups excluding tert-OH is 1. The Morgan fingerprint density at radius 2 is 1.51 bits per heavy atom. The highest BCUT2D eigenvalue weighted by Gasteiger charge is 2.33. The Balaban J connectivity index is 1.80. The van der Waals surface area contributed by atoms with Crippen LogP contribution in [-0.2, 0) is 20.7 Å². The predicted octanol–water partition coefficient (Wildman–Crippen LogP) is 5.04. The minimum absolute atomic E-state index is 0.000726. The first-order valence-corrected chi connectivity index (χ1v) is 16.7. The molecule has 47 heavy (non-hydrogen) atoms. The highest BCUT2D eigenvalue weighted by molar-refractivity contribution is 5.99. The van der Waals surface area contributed by atoms with Crippen LogP contribution in [0.25, 0.3) is 0 Å². The second-order valence-corrected chi connectivity index (χ2v) is 12.5. The van der Waals surface area contributed by atoms with Crippen LogP contribution in [0, 0.1) is 17.6 Å². The molecular formula is C36H51F2N3O6. The number of rotatable bonds is 17. The van der Waals surface area contributed by atoms with E-state index in [4.69, 9.17) is 9.47 Å². The second kappa shape index (κ2) is 18.8.